The average molecular weight is 781 g/mol. The number of phosphoric acid groups is 1. The number of rotatable bonds is 39. The summed E-state index contributed by atoms with van der Waals surface area (Å²) in [6.07, 6.45) is 46.0. The highest BCUT2D eigenvalue weighted by Crippen LogP contribution is 2.38. The van der Waals surface area contributed by atoms with Crippen LogP contribution < -0.4 is 10.2 Å². The highest BCUT2D eigenvalue weighted by molar-refractivity contribution is 7.45. The maximum atomic E-state index is 12.8. The first kappa shape index (κ1) is 52.5. The van der Waals surface area contributed by atoms with Crippen LogP contribution >= 0.6 is 7.82 Å². The molecular formula is C45H85N2O6P. The summed E-state index contributed by atoms with van der Waals surface area (Å²) >= 11 is 0. The third kappa shape index (κ3) is 38.7. The van der Waals surface area contributed by atoms with Gasteiger partial charge in [-0.05, 0) is 64.2 Å². The zero-order chi connectivity index (χ0) is 40.0. The molecule has 0 rings (SSSR count). The van der Waals surface area contributed by atoms with Crippen LogP contribution in [0.3, 0.4) is 0 Å². The van der Waals surface area contributed by atoms with Crippen molar-refractivity contribution >= 4 is 13.7 Å². The molecule has 0 bridgehead atoms. The van der Waals surface area contributed by atoms with E-state index >= 15 is 0 Å². The topological polar surface area (TPSA) is 108 Å². The van der Waals surface area contributed by atoms with Gasteiger partial charge in [0.15, 0.2) is 0 Å². The molecule has 9 heteroatoms. The summed E-state index contributed by atoms with van der Waals surface area (Å²) in [7, 11) is 1.22. The molecule has 54 heavy (non-hydrogen) atoms. The normalized spacial score (nSPS) is 14.9. The zero-order valence-electron chi connectivity index (χ0n) is 35.7. The van der Waals surface area contributed by atoms with Gasteiger partial charge in [0.2, 0.25) is 5.91 Å². The van der Waals surface area contributed by atoms with Crippen molar-refractivity contribution in [3.8, 4) is 0 Å². The van der Waals surface area contributed by atoms with Crippen molar-refractivity contribution in [3.63, 3.8) is 0 Å². The number of hydrogen-bond donors (Lipinski definition) is 2. The summed E-state index contributed by atoms with van der Waals surface area (Å²) in [5, 5.41) is 13.7. The highest BCUT2D eigenvalue weighted by atomic mass is 31.2. The zero-order valence-corrected chi connectivity index (χ0v) is 36.6. The molecule has 3 unspecified atom stereocenters. The second-order valence-electron chi connectivity index (χ2n) is 16.0. The van der Waals surface area contributed by atoms with Gasteiger partial charge < -0.3 is 28.8 Å². The van der Waals surface area contributed by atoms with Gasteiger partial charge >= 0.3 is 0 Å². The molecule has 0 aromatic heterocycles. The lowest BCUT2D eigenvalue weighted by atomic mass is 10.0. The van der Waals surface area contributed by atoms with E-state index in [1.165, 1.54) is 96.3 Å². The third-order valence-electron chi connectivity index (χ3n) is 9.49. The molecule has 8 nitrogen and oxygen atoms in total. The molecule has 0 saturated heterocycles. The Bertz CT molecular complexity index is 1020. The van der Waals surface area contributed by atoms with Gasteiger partial charge in [0.1, 0.15) is 13.2 Å². The Hall–Kier alpha value is -1.54. The Morgan fingerprint density at radius 3 is 1.56 bits per heavy atom. The number of hydrogen-bond acceptors (Lipinski definition) is 6. The van der Waals surface area contributed by atoms with Gasteiger partial charge in [-0.3, -0.25) is 9.36 Å². The third-order valence-corrected chi connectivity index (χ3v) is 10.5. The lowest BCUT2D eigenvalue weighted by Crippen LogP contribution is -2.45. The number of nitrogens with zero attached hydrogens (tertiary/aromatic N) is 1. The SMILES string of the molecule is CCCC/C=C\CCCCCCC(=O)NC(COP(=O)([O-])OCC[N+](C)(C)C)C(O)/C=C/CC/C=C/CC/C=C/CCCCCCCCCCCCCC. The van der Waals surface area contributed by atoms with Crippen LogP contribution in [-0.4, -0.2) is 68.5 Å². The monoisotopic (exact) mass is 781 g/mol. The van der Waals surface area contributed by atoms with Crippen LogP contribution in [0.1, 0.15) is 181 Å². The van der Waals surface area contributed by atoms with Crippen molar-refractivity contribution < 1.29 is 32.9 Å². The number of likely N-dealkylation sites (N-methyl/N-ethyl adjacent to an activating group) is 1. The maximum absolute atomic E-state index is 12.8. The quantitative estimate of drug-likeness (QED) is 0.0278. The van der Waals surface area contributed by atoms with Gasteiger partial charge in [0, 0.05) is 6.42 Å². The Balaban J connectivity index is 4.44. The number of aliphatic hydroxyl groups excluding tert-OH is 1. The van der Waals surface area contributed by atoms with E-state index in [0.717, 1.165) is 64.2 Å². The lowest BCUT2D eigenvalue weighted by molar-refractivity contribution is -0.870. The molecule has 0 spiro atoms. The molecule has 0 aromatic rings. The minimum atomic E-state index is -4.60. The van der Waals surface area contributed by atoms with E-state index in [1.54, 1.807) is 6.08 Å². The number of quaternary nitrogens is 1. The lowest BCUT2D eigenvalue weighted by Gasteiger charge is -2.29. The number of unbranched alkanes of at least 4 members (excludes halogenated alkanes) is 20. The number of amides is 1. The number of allylic oxidation sites excluding steroid dienone is 7. The Labute approximate surface area is 333 Å². The van der Waals surface area contributed by atoms with E-state index in [2.05, 4.69) is 55.6 Å². The molecule has 0 heterocycles. The van der Waals surface area contributed by atoms with Gasteiger partial charge in [-0.25, -0.2) is 0 Å². The molecule has 0 aromatic carbocycles. The number of aliphatic hydroxyl groups is 1. The van der Waals surface area contributed by atoms with E-state index in [-0.39, 0.29) is 12.5 Å². The van der Waals surface area contributed by atoms with Crippen LogP contribution in [0.4, 0.5) is 0 Å². The van der Waals surface area contributed by atoms with E-state index in [1.807, 2.05) is 27.2 Å². The summed E-state index contributed by atoms with van der Waals surface area (Å²) in [6.45, 7) is 4.54. The van der Waals surface area contributed by atoms with E-state index in [4.69, 9.17) is 9.05 Å². The molecule has 316 valence electrons. The molecule has 0 radical (unpaired) electrons. The summed E-state index contributed by atoms with van der Waals surface area (Å²) in [6, 6.07) is -0.913. The van der Waals surface area contributed by atoms with Crippen LogP contribution in [-0.2, 0) is 18.4 Å². The van der Waals surface area contributed by atoms with Gasteiger partial charge in [0.05, 0.1) is 39.9 Å². The van der Waals surface area contributed by atoms with E-state index in [0.29, 0.717) is 17.4 Å². The van der Waals surface area contributed by atoms with Gasteiger partial charge in [-0.1, -0.05) is 159 Å². The van der Waals surface area contributed by atoms with Crippen LogP contribution in [0.2, 0.25) is 0 Å². The standard InChI is InChI=1S/C45H85N2O6P/c1-6-8-10-12-14-16-18-19-20-21-22-23-24-25-26-27-28-29-30-32-34-36-38-44(48)43(42-53-54(50,51)52-41-40-47(3,4)5)46-45(49)39-37-35-33-31-17-15-13-11-9-7-2/h13,15,25-26,29-30,36,38,43-44,48H,6-12,14,16-24,27-28,31-35,37,39-42H2,1-5H3,(H-,46,49,50,51)/b15-13-,26-25+,30-29+,38-36+. The second-order valence-corrected chi connectivity index (χ2v) is 17.4. The molecular weight excluding hydrogens is 695 g/mol. The van der Waals surface area contributed by atoms with Crippen molar-refractivity contribution in [3.05, 3.63) is 48.6 Å². The highest BCUT2D eigenvalue weighted by Gasteiger charge is 2.23. The number of nitrogens with one attached hydrogen (secondary N) is 1. The van der Waals surface area contributed by atoms with Gasteiger partial charge in [-0.2, -0.15) is 0 Å². The smallest absolute Gasteiger partial charge is 0.268 e. The molecule has 3 atom stereocenters. The average Bonchev–Trinajstić information content (AvgIpc) is 3.12. The first-order valence-corrected chi connectivity index (χ1v) is 23.5. The minimum Gasteiger partial charge on any atom is -0.756 e. The van der Waals surface area contributed by atoms with E-state index in [9.17, 15) is 19.4 Å². The van der Waals surface area contributed by atoms with Crippen LogP contribution in [0.25, 0.3) is 0 Å². The number of carbonyl (C=O) groups is 1. The van der Waals surface area contributed by atoms with Crippen molar-refractivity contribution in [1.82, 2.24) is 5.32 Å². The van der Waals surface area contributed by atoms with Crippen LogP contribution in [0.15, 0.2) is 48.6 Å². The Kier molecular flexibility index (Phi) is 36.0. The fraction of sp³-hybridized carbons (Fsp3) is 0.800. The molecule has 0 aliphatic carbocycles. The molecule has 0 saturated carbocycles. The second kappa shape index (κ2) is 37.1. The molecule has 1 amide bonds. The largest absolute Gasteiger partial charge is 0.756 e. The van der Waals surface area contributed by atoms with Gasteiger partial charge in [0.25, 0.3) is 7.82 Å². The summed E-state index contributed by atoms with van der Waals surface area (Å²) in [5.41, 5.74) is 0. The molecule has 0 fully saturated rings. The first-order chi connectivity index (χ1) is 26.0. The number of carbonyl (C=O) groups excluding carboxylic acids is 1. The van der Waals surface area contributed by atoms with Crippen LogP contribution in [0, 0.1) is 0 Å². The van der Waals surface area contributed by atoms with Gasteiger partial charge in [-0.15, -0.1) is 0 Å². The van der Waals surface area contributed by atoms with Crippen molar-refractivity contribution in [2.24, 2.45) is 0 Å². The Morgan fingerprint density at radius 1 is 0.630 bits per heavy atom. The molecule has 0 aliphatic rings. The van der Waals surface area contributed by atoms with Crippen molar-refractivity contribution in [1.29, 1.82) is 0 Å². The summed E-state index contributed by atoms with van der Waals surface area (Å²) < 4.78 is 23.1. The minimum absolute atomic E-state index is 0.0123. The molecule has 2 N–H and O–H groups in total. The Morgan fingerprint density at radius 2 is 1.06 bits per heavy atom. The maximum Gasteiger partial charge on any atom is 0.268 e. The van der Waals surface area contributed by atoms with Crippen molar-refractivity contribution in [2.45, 2.75) is 193 Å². The fourth-order valence-electron chi connectivity index (χ4n) is 5.93. The van der Waals surface area contributed by atoms with E-state index < -0.39 is 26.6 Å². The summed E-state index contributed by atoms with van der Waals surface area (Å²) in [4.78, 5) is 25.2. The van der Waals surface area contributed by atoms with Crippen LogP contribution in [0.5, 0.6) is 0 Å². The fourth-order valence-corrected chi connectivity index (χ4v) is 6.65. The van der Waals surface area contributed by atoms with Crippen molar-refractivity contribution in [2.75, 3.05) is 40.9 Å². The molecule has 0 aliphatic heterocycles. The predicted molar refractivity (Wildman–Crippen MR) is 228 cm³/mol. The first-order valence-electron chi connectivity index (χ1n) is 22.0. The summed E-state index contributed by atoms with van der Waals surface area (Å²) in [5.74, 6) is -0.228. The predicted octanol–water partition coefficient (Wildman–Crippen LogP) is 11.4. The number of phosphoric ester groups is 1.